The van der Waals surface area contributed by atoms with Crippen LogP contribution in [0.15, 0.2) is 53.7 Å². The second-order valence-electron chi connectivity index (χ2n) is 6.92. The van der Waals surface area contributed by atoms with E-state index in [0.29, 0.717) is 24.1 Å². The Morgan fingerprint density at radius 1 is 1.07 bits per heavy atom. The lowest BCUT2D eigenvalue weighted by Crippen LogP contribution is -2.32. The first-order valence-corrected chi connectivity index (χ1v) is 10.5. The van der Waals surface area contributed by atoms with E-state index in [4.69, 9.17) is 4.74 Å². The predicted molar refractivity (Wildman–Crippen MR) is 116 cm³/mol. The zero-order valence-corrected chi connectivity index (χ0v) is 18.1. The number of carbonyl (C=O) groups excluding carboxylic acids is 1. The number of likely N-dealkylation sites (N-methyl/N-ethyl adjacent to an activating group) is 1. The van der Waals surface area contributed by atoms with Crippen molar-refractivity contribution in [1.82, 2.24) is 19.7 Å². The van der Waals surface area contributed by atoms with Gasteiger partial charge in [0.1, 0.15) is 18.2 Å². The molecule has 3 aromatic rings. The van der Waals surface area contributed by atoms with E-state index < -0.39 is 0 Å². The van der Waals surface area contributed by atoms with E-state index in [-0.39, 0.29) is 5.91 Å². The van der Waals surface area contributed by atoms with Gasteiger partial charge in [0, 0.05) is 12.7 Å². The van der Waals surface area contributed by atoms with E-state index in [0.717, 1.165) is 22.8 Å². The van der Waals surface area contributed by atoms with Gasteiger partial charge < -0.3 is 9.64 Å². The third-order valence-corrected chi connectivity index (χ3v) is 5.53. The van der Waals surface area contributed by atoms with Crippen LogP contribution in [-0.4, -0.2) is 51.5 Å². The van der Waals surface area contributed by atoms with Crippen LogP contribution in [0.4, 0.5) is 0 Å². The summed E-state index contributed by atoms with van der Waals surface area (Å²) in [7, 11) is 1.79. The van der Waals surface area contributed by atoms with Gasteiger partial charge in [0.15, 0.2) is 5.16 Å². The number of hydrogen-bond acceptors (Lipinski definition) is 5. The molecule has 0 unspecified atom stereocenters. The second kappa shape index (κ2) is 9.60. The Hall–Kier alpha value is -2.80. The molecule has 1 amide bonds. The van der Waals surface area contributed by atoms with Crippen molar-refractivity contribution >= 4 is 17.7 Å². The van der Waals surface area contributed by atoms with E-state index in [1.807, 2.05) is 54.8 Å². The van der Waals surface area contributed by atoms with Gasteiger partial charge in [0.05, 0.1) is 12.3 Å². The molecule has 0 radical (unpaired) electrons. The molecule has 1 heterocycles. The van der Waals surface area contributed by atoms with Gasteiger partial charge in [-0.2, -0.15) is 0 Å². The average Bonchev–Trinajstić information content (AvgIpc) is 3.08. The number of ether oxygens (including phenoxy) is 1. The molecule has 3 rings (SSSR count). The molecule has 6 nitrogen and oxygen atoms in total. The number of carbonyl (C=O) groups is 1. The molecule has 0 N–H and O–H groups in total. The lowest BCUT2D eigenvalue weighted by atomic mass is 10.2. The Morgan fingerprint density at radius 3 is 2.52 bits per heavy atom. The van der Waals surface area contributed by atoms with E-state index in [9.17, 15) is 4.79 Å². The van der Waals surface area contributed by atoms with Crippen molar-refractivity contribution in [3.63, 3.8) is 0 Å². The van der Waals surface area contributed by atoms with Gasteiger partial charge in [0.25, 0.3) is 0 Å². The monoisotopic (exact) mass is 410 g/mol. The number of hydrogen-bond donors (Lipinski definition) is 0. The highest BCUT2D eigenvalue weighted by atomic mass is 32.2. The molecule has 0 saturated heterocycles. The van der Waals surface area contributed by atoms with E-state index in [1.165, 1.54) is 17.3 Å². The number of nitrogens with zero attached hydrogens (tertiary/aromatic N) is 4. The van der Waals surface area contributed by atoms with Crippen LogP contribution in [0.1, 0.15) is 17.0 Å². The fraction of sp³-hybridized carbons (Fsp3) is 0.318. The van der Waals surface area contributed by atoms with E-state index >= 15 is 0 Å². The average molecular weight is 411 g/mol. The number of aryl methyl sites for hydroxylation is 3. The fourth-order valence-electron chi connectivity index (χ4n) is 2.80. The lowest BCUT2D eigenvalue weighted by Gasteiger charge is -2.18. The molecule has 0 bridgehead atoms. The lowest BCUT2D eigenvalue weighted by molar-refractivity contribution is -0.127. The molecule has 152 valence electrons. The van der Waals surface area contributed by atoms with Crippen LogP contribution >= 0.6 is 11.8 Å². The van der Waals surface area contributed by atoms with Crippen molar-refractivity contribution in [1.29, 1.82) is 0 Å². The van der Waals surface area contributed by atoms with Crippen molar-refractivity contribution in [2.24, 2.45) is 0 Å². The first-order chi connectivity index (χ1) is 14.0. The topological polar surface area (TPSA) is 60.2 Å². The smallest absolute Gasteiger partial charge is 0.232 e. The molecule has 0 atom stereocenters. The van der Waals surface area contributed by atoms with Crippen molar-refractivity contribution in [3.05, 3.63) is 65.5 Å². The quantitative estimate of drug-likeness (QED) is 0.528. The summed E-state index contributed by atoms with van der Waals surface area (Å²) in [5.74, 6) is 1.97. The largest absolute Gasteiger partial charge is 0.491 e. The minimum atomic E-state index is 0.0273. The van der Waals surface area contributed by atoms with Crippen LogP contribution in [0, 0.1) is 20.8 Å². The summed E-state index contributed by atoms with van der Waals surface area (Å²) in [6.07, 6.45) is 0. The van der Waals surface area contributed by atoms with E-state index in [1.54, 1.807) is 11.9 Å². The number of thioether (sulfide) groups is 1. The molecular formula is C22H26N4O2S. The van der Waals surface area contributed by atoms with Gasteiger partial charge in [-0.05, 0) is 44.5 Å². The standard InChI is InChI=1S/C22H26N4O2S/c1-16-9-11-19(12-10-16)26-18(3)23-24-22(26)29-15-21(27)25(4)13-14-28-20-8-6-5-7-17(20)2/h5-12H,13-15H2,1-4H3. The third-order valence-electron chi connectivity index (χ3n) is 4.62. The van der Waals surface area contributed by atoms with Crippen LogP contribution in [0.25, 0.3) is 5.69 Å². The maximum Gasteiger partial charge on any atom is 0.232 e. The molecule has 7 heteroatoms. The molecular weight excluding hydrogens is 384 g/mol. The summed E-state index contributed by atoms with van der Waals surface area (Å²) < 4.78 is 7.75. The third kappa shape index (κ3) is 5.38. The first kappa shape index (κ1) is 20.9. The molecule has 0 aliphatic carbocycles. The zero-order valence-electron chi connectivity index (χ0n) is 17.3. The van der Waals surface area contributed by atoms with Crippen molar-refractivity contribution in [2.75, 3.05) is 26.0 Å². The predicted octanol–water partition coefficient (Wildman–Crippen LogP) is 3.82. The second-order valence-corrected chi connectivity index (χ2v) is 7.86. The fourth-order valence-corrected chi connectivity index (χ4v) is 3.74. The maximum absolute atomic E-state index is 12.5. The van der Waals surface area contributed by atoms with Gasteiger partial charge in [-0.25, -0.2) is 0 Å². The molecule has 0 spiro atoms. The molecule has 0 saturated carbocycles. The summed E-state index contributed by atoms with van der Waals surface area (Å²) in [4.78, 5) is 14.2. The van der Waals surface area contributed by atoms with Crippen LogP contribution < -0.4 is 4.74 Å². The van der Waals surface area contributed by atoms with Crippen LogP contribution in [0.3, 0.4) is 0 Å². The number of amides is 1. The van der Waals surface area contributed by atoms with Crippen LogP contribution in [0.2, 0.25) is 0 Å². The molecule has 1 aromatic heterocycles. The van der Waals surface area contributed by atoms with Crippen LogP contribution in [-0.2, 0) is 4.79 Å². The Kier molecular flexibility index (Phi) is 6.93. The highest BCUT2D eigenvalue weighted by molar-refractivity contribution is 7.99. The summed E-state index contributed by atoms with van der Waals surface area (Å²) in [6.45, 7) is 6.95. The van der Waals surface area contributed by atoms with Gasteiger partial charge >= 0.3 is 0 Å². The molecule has 0 aliphatic heterocycles. The van der Waals surface area contributed by atoms with Crippen molar-refractivity contribution in [3.8, 4) is 11.4 Å². The summed E-state index contributed by atoms with van der Waals surface area (Å²) in [5, 5.41) is 9.13. The Morgan fingerprint density at radius 2 is 1.79 bits per heavy atom. The first-order valence-electron chi connectivity index (χ1n) is 9.50. The minimum absolute atomic E-state index is 0.0273. The summed E-state index contributed by atoms with van der Waals surface area (Å²) in [5.41, 5.74) is 3.27. The Bertz CT molecular complexity index is 969. The SMILES string of the molecule is Cc1ccc(-n2c(C)nnc2SCC(=O)N(C)CCOc2ccccc2C)cc1. The Labute approximate surface area is 175 Å². The maximum atomic E-state index is 12.5. The Balaban J connectivity index is 1.54. The number of benzene rings is 2. The van der Waals surface area contributed by atoms with Crippen LogP contribution in [0.5, 0.6) is 5.75 Å². The van der Waals surface area contributed by atoms with Gasteiger partial charge in [-0.15, -0.1) is 10.2 Å². The van der Waals surface area contributed by atoms with Gasteiger partial charge in [-0.3, -0.25) is 9.36 Å². The number of rotatable bonds is 8. The normalized spacial score (nSPS) is 10.8. The van der Waals surface area contributed by atoms with Gasteiger partial charge in [0.2, 0.25) is 5.91 Å². The number of para-hydroxylation sites is 1. The molecule has 29 heavy (non-hydrogen) atoms. The van der Waals surface area contributed by atoms with E-state index in [2.05, 4.69) is 29.3 Å². The molecule has 0 fully saturated rings. The summed E-state index contributed by atoms with van der Waals surface area (Å²) in [6, 6.07) is 16.0. The van der Waals surface area contributed by atoms with Crippen molar-refractivity contribution < 1.29 is 9.53 Å². The van der Waals surface area contributed by atoms with Gasteiger partial charge in [-0.1, -0.05) is 47.7 Å². The number of aromatic nitrogens is 3. The minimum Gasteiger partial charge on any atom is -0.491 e. The molecule has 0 aliphatic rings. The van der Waals surface area contributed by atoms with Crippen molar-refractivity contribution in [2.45, 2.75) is 25.9 Å². The highest BCUT2D eigenvalue weighted by Crippen LogP contribution is 2.22. The molecule has 2 aromatic carbocycles. The highest BCUT2D eigenvalue weighted by Gasteiger charge is 2.15. The summed E-state index contributed by atoms with van der Waals surface area (Å²) >= 11 is 1.39. The zero-order chi connectivity index (χ0) is 20.8.